The number of aromatic nitrogens is 2. The topological polar surface area (TPSA) is 74.9 Å². The highest BCUT2D eigenvalue weighted by Gasteiger charge is 2.19. The zero-order valence-electron chi connectivity index (χ0n) is 22.2. The number of benzene rings is 3. The fourth-order valence-electron chi connectivity index (χ4n) is 4.29. The minimum Gasteiger partial charge on any atom is -0.494 e. The highest BCUT2D eigenvalue weighted by atomic mass is 16.5. The van der Waals surface area contributed by atoms with Crippen molar-refractivity contribution in [3.05, 3.63) is 81.6 Å². The molecule has 4 aromatic rings. The van der Waals surface area contributed by atoms with Crippen molar-refractivity contribution in [3.63, 3.8) is 0 Å². The van der Waals surface area contributed by atoms with Crippen molar-refractivity contribution in [2.45, 2.75) is 40.5 Å². The Kier molecular flexibility index (Phi) is 7.92. The predicted octanol–water partition coefficient (Wildman–Crippen LogP) is 6.18. The largest absolute Gasteiger partial charge is 0.494 e. The second kappa shape index (κ2) is 11.3. The molecule has 0 saturated heterocycles. The van der Waals surface area contributed by atoms with Gasteiger partial charge in [0.25, 0.3) is 5.56 Å². The molecule has 0 saturated carbocycles. The maximum Gasteiger partial charge on any atom is 0.282 e. The van der Waals surface area contributed by atoms with E-state index in [1.807, 2.05) is 63.2 Å². The molecular formula is C30H33N3O4. The van der Waals surface area contributed by atoms with E-state index in [-0.39, 0.29) is 11.5 Å². The van der Waals surface area contributed by atoms with E-state index < -0.39 is 0 Å². The van der Waals surface area contributed by atoms with E-state index in [0.29, 0.717) is 47.0 Å². The fourth-order valence-corrected chi connectivity index (χ4v) is 4.29. The molecule has 0 fully saturated rings. The minimum atomic E-state index is -0.253. The van der Waals surface area contributed by atoms with Gasteiger partial charge in [-0.2, -0.15) is 9.78 Å². The Morgan fingerprint density at radius 2 is 1.76 bits per heavy atom. The number of hydrogen-bond donors (Lipinski definition) is 0. The van der Waals surface area contributed by atoms with Crippen LogP contribution in [-0.2, 0) is 0 Å². The number of nitrogens with zero attached hydrogens (tertiary/aromatic N) is 3. The van der Waals surface area contributed by atoms with Crippen LogP contribution in [0.1, 0.15) is 50.3 Å². The first-order chi connectivity index (χ1) is 17.9. The molecule has 0 unspecified atom stereocenters. The number of fused-ring (bicyclic) bond motifs is 1. The Bertz CT molecular complexity index is 1510. The average Bonchev–Trinajstić information content (AvgIpc) is 2.89. The molecule has 37 heavy (non-hydrogen) atoms. The van der Waals surface area contributed by atoms with Crippen molar-refractivity contribution in [2.24, 2.45) is 5.10 Å². The molecule has 7 nitrogen and oxygen atoms in total. The summed E-state index contributed by atoms with van der Waals surface area (Å²) in [7, 11) is 1.59. The van der Waals surface area contributed by atoms with Gasteiger partial charge < -0.3 is 14.2 Å². The van der Waals surface area contributed by atoms with Gasteiger partial charge in [0, 0.05) is 11.1 Å². The molecule has 0 N–H and O–H groups in total. The number of rotatable bonds is 9. The normalized spacial score (nSPS) is 11.4. The predicted molar refractivity (Wildman–Crippen MR) is 149 cm³/mol. The van der Waals surface area contributed by atoms with Crippen molar-refractivity contribution in [1.82, 2.24) is 9.66 Å². The summed E-state index contributed by atoms with van der Waals surface area (Å²) >= 11 is 0. The molecule has 0 atom stereocenters. The Balaban J connectivity index is 1.97. The molecule has 1 aromatic heterocycles. The molecule has 0 bridgehead atoms. The van der Waals surface area contributed by atoms with Crippen LogP contribution < -0.4 is 19.8 Å². The third kappa shape index (κ3) is 5.21. The zero-order chi connectivity index (χ0) is 26.5. The van der Waals surface area contributed by atoms with E-state index in [1.165, 1.54) is 4.68 Å². The minimum absolute atomic E-state index is 0.218. The van der Waals surface area contributed by atoms with E-state index in [1.54, 1.807) is 19.4 Å². The summed E-state index contributed by atoms with van der Waals surface area (Å²) in [5.41, 5.74) is 3.87. The SMILES string of the molecule is CCOc1cc(C)c(-c2nc3ccccc3c(=O)n2N=Cc2cccc(OC)c2OCC)cc1C(C)C. The third-order valence-electron chi connectivity index (χ3n) is 6.10. The van der Waals surface area contributed by atoms with Crippen LogP contribution in [0.25, 0.3) is 22.3 Å². The van der Waals surface area contributed by atoms with Crippen LogP contribution in [0, 0.1) is 6.92 Å². The first-order valence-electron chi connectivity index (χ1n) is 12.5. The molecule has 1 heterocycles. The molecule has 0 aliphatic carbocycles. The Morgan fingerprint density at radius 3 is 2.46 bits per heavy atom. The summed E-state index contributed by atoms with van der Waals surface area (Å²) in [5, 5.41) is 5.14. The van der Waals surface area contributed by atoms with Gasteiger partial charge in [-0.3, -0.25) is 4.79 Å². The van der Waals surface area contributed by atoms with E-state index >= 15 is 0 Å². The molecule has 4 rings (SSSR count). The number of ether oxygens (including phenoxy) is 3. The zero-order valence-corrected chi connectivity index (χ0v) is 22.2. The smallest absolute Gasteiger partial charge is 0.282 e. The molecule has 0 aliphatic heterocycles. The Morgan fingerprint density at radius 1 is 1.00 bits per heavy atom. The third-order valence-corrected chi connectivity index (χ3v) is 6.10. The van der Waals surface area contributed by atoms with Crippen molar-refractivity contribution < 1.29 is 14.2 Å². The standard InChI is InChI=1S/C30H33N3O4/c1-7-36-27-16-20(5)24(17-23(27)19(3)4)29-32-25-14-10-9-13-22(25)30(34)33(29)31-18-21-12-11-15-26(35-6)28(21)37-8-2/h9-19H,7-8H2,1-6H3. The lowest BCUT2D eigenvalue weighted by atomic mass is 9.96. The van der Waals surface area contributed by atoms with Gasteiger partial charge in [-0.05, 0) is 74.2 Å². The second-order valence-corrected chi connectivity index (χ2v) is 8.92. The van der Waals surface area contributed by atoms with Gasteiger partial charge in [0.2, 0.25) is 0 Å². The first-order valence-corrected chi connectivity index (χ1v) is 12.5. The summed E-state index contributed by atoms with van der Waals surface area (Å²) in [6.07, 6.45) is 1.61. The van der Waals surface area contributed by atoms with Crippen LogP contribution in [0.5, 0.6) is 17.2 Å². The van der Waals surface area contributed by atoms with E-state index in [0.717, 1.165) is 22.4 Å². The average molecular weight is 500 g/mol. The van der Waals surface area contributed by atoms with E-state index in [4.69, 9.17) is 19.2 Å². The van der Waals surface area contributed by atoms with E-state index in [2.05, 4.69) is 25.0 Å². The van der Waals surface area contributed by atoms with Crippen molar-refractivity contribution in [3.8, 4) is 28.6 Å². The Hall–Kier alpha value is -4.13. The Labute approximate surface area is 217 Å². The maximum absolute atomic E-state index is 13.7. The summed E-state index contributed by atoms with van der Waals surface area (Å²) in [4.78, 5) is 18.6. The van der Waals surface area contributed by atoms with Crippen LogP contribution in [0.4, 0.5) is 0 Å². The summed E-state index contributed by atoms with van der Waals surface area (Å²) in [5.74, 6) is 2.69. The highest BCUT2D eigenvalue weighted by molar-refractivity contribution is 5.86. The number of methoxy groups -OCH3 is 1. The van der Waals surface area contributed by atoms with E-state index in [9.17, 15) is 4.79 Å². The van der Waals surface area contributed by atoms with Crippen LogP contribution >= 0.6 is 0 Å². The monoisotopic (exact) mass is 499 g/mol. The van der Waals surface area contributed by atoms with Gasteiger partial charge in [-0.15, -0.1) is 0 Å². The lowest BCUT2D eigenvalue weighted by Gasteiger charge is -2.18. The molecule has 0 spiro atoms. The molecule has 0 radical (unpaired) electrons. The van der Waals surface area contributed by atoms with Crippen molar-refractivity contribution >= 4 is 17.1 Å². The van der Waals surface area contributed by atoms with Crippen LogP contribution in [0.15, 0.2) is 64.5 Å². The van der Waals surface area contributed by atoms with Gasteiger partial charge in [0.15, 0.2) is 17.3 Å². The molecule has 0 aliphatic rings. The second-order valence-electron chi connectivity index (χ2n) is 8.92. The van der Waals surface area contributed by atoms with Crippen LogP contribution in [0.2, 0.25) is 0 Å². The highest BCUT2D eigenvalue weighted by Crippen LogP contribution is 2.34. The molecule has 192 valence electrons. The summed E-state index contributed by atoms with van der Waals surface area (Å²) in [6.45, 7) is 11.1. The van der Waals surface area contributed by atoms with Crippen LogP contribution in [-0.4, -0.2) is 36.2 Å². The van der Waals surface area contributed by atoms with Gasteiger partial charge >= 0.3 is 0 Å². The lowest BCUT2D eigenvalue weighted by Crippen LogP contribution is -2.21. The summed E-state index contributed by atoms with van der Waals surface area (Å²) < 4.78 is 18.6. The lowest BCUT2D eigenvalue weighted by molar-refractivity contribution is 0.310. The fraction of sp³-hybridized carbons (Fsp3) is 0.300. The number of para-hydroxylation sites is 2. The molecule has 7 heteroatoms. The van der Waals surface area contributed by atoms with Crippen molar-refractivity contribution in [2.75, 3.05) is 20.3 Å². The van der Waals surface area contributed by atoms with Gasteiger partial charge in [0.1, 0.15) is 5.75 Å². The molecule has 3 aromatic carbocycles. The van der Waals surface area contributed by atoms with Crippen molar-refractivity contribution in [1.29, 1.82) is 0 Å². The first kappa shape index (κ1) is 25.9. The quantitative estimate of drug-likeness (QED) is 0.257. The number of aryl methyl sites for hydroxylation is 1. The maximum atomic E-state index is 13.7. The van der Waals surface area contributed by atoms with Gasteiger partial charge in [0.05, 0.1) is 37.4 Å². The van der Waals surface area contributed by atoms with Crippen LogP contribution in [0.3, 0.4) is 0 Å². The summed E-state index contributed by atoms with van der Waals surface area (Å²) in [6, 6.07) is 16.9. The molecule has 0 amide bonds. The number of hydrogen-bond acceptors (Lipinski definition) is 6. The molecular weight excluding hydrogens is 466 g/mol. The van der Waals surface area contributed by atoms with Gasteiger partial charge in [-0.25, -0.2) is 4.98 Å². The van der Waals surface area contributed by atoms with Gasteiger partial charge in [-0.1, -0.05) is 32.0 Å².